The third kappa shape index (κ3) is 2.51. The maximum Gasteiger partial charge on any atom is 0.573 e. The zero-order chi connectivity index (χ0) is 17.9. The summed E-state index contributed by atoms with van der Waals surface area (Å²) in [5.41, 5.74) is 1.33. The molecule has 3 aliphatic carbocycles. The van der Waals surface area contributed by atoms with Gasteiger partial charge < -0.3 is 4.74 Å². The summed E-state index contributed by atoms with van der Waals surface area (Å²) < 4.78 is 40.8. The van der Waals surface area contributed by atoms with Crippen LogP contribution in [-0.4, -0.2) is 14.4 Å². The van der Waals surface area contributed by atoms with Gasteiger partial charge in [-0.15, -0.1) is 13.2 Å². The molecule has 0 N–H and O–H groups in total. The van der Waals surface area contributed by atoms with E-state index in [1.54, 1.807) is 12.1 Å². The second kappa shape index (κ2) is 5.13. The number of rotatable bonds is 4. The second-order valence-corrected chi connectivity index (χ2v) is 13.0. The molecule has 0 amide bonds. The van der Waals surface area contributed by atoms with Crippen molar-refractivity contribution in [2.24, 2.45) is 0 Å². The molecule has 2 aromatic carbocycles. The molecule has 25 heavy (non-hydrogen) atoms. The van der Waals surface area contributed by atoms with Gasteiger partial charge in [0.2, 0.25) is 0 Å². The molecule has 0 saturated heterocycles. The van der Waals surface area contributed by atoms with E-state index in [9.17, 15) is 13.2 Å². The molecule has 2 aromatic rings. The van der Waals surface area contributed by atoms with Crippen LogP contribution in [0.2, 0.25) is 18.1 Å². The smallest absolute Gasteiger partial charge is 0.406 e. The third-order valence-corrected chi connectivity index (χ3v) is 11.5. The van der Waals surface area contributed by atoms with Gasteiger partial charge in [-0.25, -0.2) is 0 Å². The summed E-state index contributed by atoms with van der Waals surface area (Å²) in [6.07, 6.45) is -1.15. The van der Waals surface area contributed by atoms with Crippen molar-refractivity contribution in [1.29, 1.82) is 0 Å². The zero-order valence-corrected chi connectivity index (χ0v) is 15.4. The lowest BCUT2D eigenvalue weighted by molar-refractivity contribution is -0.274. The molecular formula is C20H21F3OSi. The van der Waals surface area contributed by atoms with Gasteiger partial charge in [0, 0.05) is 0 Å². The molecule has 0 aliphatic heterocycles. The first-order valence-electron chi connectivity index (χ1n) is 8.58. The van der Waals surface area contributed by atoms with Crippen molar-refractivity contribution in [3.8, 4) is 5.75 Å². The van der Waals surface area contributed by atoms with Gasteiger partial charge in [-0.05, 0) is 47.4 Å². The Balaban J connectivity index is 1.49. The molecule has 0 atom stereocenters. The van der Waals surface area contributed by atoms with Gasteiger partial charge in [0.05, 0.1) is 8.07 Å². The first-order chi connectivity index (χ1) is 11.7. The summed E-state index contributed by atoms with van der Waals surface area (Å²) in [6, 6.07) is 17.3. The van der Waals surface area contributed by atoms with Gasteiger partial charge in [0.15, 0.2) is 0 Å². The molecule has 0 heterocycles. The van der Waals surface area contributed by atoms with Crippen molar-refractivity contribution in [2.45, 2.75) is 49.2 Å². The topological polar surface area (TPSA) is 9.23 Å². The fourth-order valence-electron chi connectivity index (χ4n) is 4.93. The maximum atomic E-state index is 12.3. The number of halogens is 3. The zero-order valence-electron chi connectivity index (χ0n) is 14.4. The van der Waals surface area contributed by atoms with Crippen molar-refractivity contribution in [1.82, 2.24) is 0 Å². The molecule has 0 unspecified atom stereocenters. The molecule has 3 fully saturated rings. The summed E-state index contributed by atoms with van der Waals surface area (Å²) in [4.78, 5) is 0. The first-order valence-corrected chi connectivity index (χ1v) is 11.6. The second-order valence-electron chi connectivity index (χ2n) is 8.15. The van der Waals surface area contributed by atoms with Gasteiger partial charge in [0.25, 0.3) is 0 Å². The highest BCUT2D eigenvalue weighted by molar-refractivity contribution is 6.92. The van der Waals surface area contributed by atoms with Crippen LogP contribution < -0.4 is 9.92 Å². The van der Waals surface area contributed by atoms with E-state index < -0.39 is 14.4 Å². The van der Waals surface area contributed by atoms with Gasteiger partial charge in [-0.1, -0.05) is 60.7 Å². The first kappa shape index (κ1) is 16.7. The summed E-state index contributed by atoms with van der Waals surface area (Å²) in [5.74, 6) is -0.142. The van der Waals surface area contributed by atoms with Crippen molar-refractivity contribution >= 4 is 13.3 Å². The van der Waals surface area contributed by atoms with Crippen molar-refractivity contribution in [2.75, 3.05) is 0 Å². The van der Waals surface area contributed by atoms with E-state index in [0.717, 1.165) is 24.8 Å². The lowest BCUT2D eigenvalue weighted by atomic mass is 9.41. The van der Waals surface area contributed by atoms with E-state index in [1.807, 2.05) is 0 Å². The molecule has 1 nitrogen and oxygen atoms in total. The minimum Gasteiger partial charge on any atom is -0.406 e. The Morgan fingerprint density at radius 3 is 1.96 bits per heavy atom. The molecule has 3 saturated carbocycles. The van der Waals surface area contributed by atoms with E-state index in [0.29, 0.717) is 5.04 Å². The van der Waals surface area contributed by atoms with Crippen LogP contribution in [0.5, 0.6) is 5.75 Å². The van der Waals surface area contributed by atoms with Crippen molar-refractivity contribution in [3.05, 3.63) is 60.2 Å². The molecule has 132 valence electrons. The fraction of sp³-hybridized carbons (Fsp3) is 0.400. The van der Waals surface area contributed by atoms with Crippen LogP contribution in [0.1, 0.15) is 24.8 Å². The summed E-state index contributed by atoms with van der Waals surface area (Å²) in [7, 11) is -1.55. The Hall–Kier alpha value is -1.75. The lowest BCUT2D eigenvalue weighted by Gasteiger charge is -2.76. The van der Waals surface area contributed by atoms with Crippen LogP contribution in [0.4, 0.5) is 13.2 Å². The molecular weight excluding hydrogens is 341 g/mol. The van der Waals surface area contributed by atoms with Crippen LogP contribution in [0.15, 0.2) is 54.6 Å². The van der Waals surface area contributed by atoms with E-state index in [-0.39, 0.29) is 11.2 Å². The highest BCUT2D eigenvalue weighted by Gasteiger charge is 2.73. The predicted molar refractivity (Wildman–Crippen MR) is 94.9 cm³/mol. The Labute approximate surface area is 146 Å². The summed E-state index contributed by atoms with van der Waals surface area (Å²) in [5, 5.41) is 1.94. The van der Waals surface area contributed by atoms with Crippen LogP contribution in [0.3, 0.4) is 0 Å². The SMILES string of the molecule is C[Si](C)(c1ccccc1)C12CC(c3ccc(OC(F)(F)F)cc3)(C1)C2. The molecule has 3 aliphatic rings. The Morgan fingerprint density at radius 1 is 0.880 bits per heavy atom. The minimum atomic E-state index is -4.63. The number of alkyl halides is 3. The van der Waals surface area contributed by atoms with Crippen LogP contribution in [0.25, 0.3) is 0 Å². The normalized spacial score (nSPS) is 28.0. The lowest BCUT2D eigenvalue weighted by Crippen LogP contribution is -2.72. The summed E-state index contributed by atoms with van der Waals surface area (Å²) >= 11 is 0. The number of hydrogen-bond acceptors (Lipinski definition) is 1. The van der Waals surface area contributed by atoms with E-state index in [4.69, 9.17) is 0 Å². The average molecular weight is 362 g/mol. The fourth-order valence-corrected chi connectivity index (χ4v) is 8.91. The van der Waals surface area contributed by atoms with Gasteiger partial charge >= 0.3 is 6.36 Å². The predicted octanol–water partition coefficient (Wildman–Crippen LogP) is 5.38. The quantitative estimate of drug-likeness (QED) is 0.664. The number of benzene rings is 2. The largest absolute Gasteiger partial charge is 0.573 e. The number of ether oxygens (including phenoxy) is 1. The molecule has 5 rings (SSSR count). The molecule has 0 radical (unpaired) electrons. The Morgan fingerprint density at radius 2 is 1.44 bits per heavy atom. The minimum absolute atomic E-state index is 0.142. The van der Waals surface area contributed by atoms with Crippen molar-refractivity contribution in [3.63, 3.8) is 0 Å². The Bertz CT molecular complexity index is 761. The number of hydrogen-bond donors (Lipinski definition) is 0. The average Bonchev–Trinajstić information content (AvgIpc) is 2.45. The molecule has 0 spiro atoms. The van der Waals surface area contributed by atoms with Crippen LogP contribution in [-0.2, 0) is 5.41 Å². The maximum absolute atomic E-state index is 12.3. The van der Waals surface area contributed by atoms with Gasteiger partial charge in [0.1, 0.15) is 5.75 Å². The van der Waals surface area contributed by atoms with Crippen LogP contribution >= 0.6 is 0 Å². The van der Waals surface area contributed by atoms with E-state index in [1.165, 1.54) is 17.3 Å². The summed E-state index contributed by atoms with van der Waals surface area (Å²) in [6.45, 7) is 4.90. The highest BCUT2D eigenvalue weighted by atomic mass is 28.3. The van der Waals surface area contributed by atoms with Crippen molar-refractivity contribution < 1.29 is 17.9 Å². The molecule has 5 heteroatoms. The van der Waals surface area contributed by atoms with E-state index in [2.05, 4.69) is 48.2 Å². The van der Waals surface area contributed by atoms with Crippen LogP contribution in [0, 0.1) is 0 Å². The third-order valence-electron chi connectivity index (χ3n) is 6.55. The standard InChI is InChI=1S/C20H21F3OSi/c1-25(2,17-6-4-3-5-7-17)19-12-18(13-19,14-19)15-8-10-16(11-9-15)24-20(21,22)23/h3-11H,12-14H2,1-2H3. The molecule has 0 aromatic heterocycles. The monoisotopic (exact) mass is 362 g/mol. The van der Waals surface area contributed by atoms with Gasteiger partial charge in [-0.3, -0.25) is 0 Å². The van der Waals surface area contributed by atoms with E-state index >= 15 is 0 Å². The Kier molecular flexibility index (Phi) is 3.43. The van der Waals surface area contributed by atoms with Gasteiger partial charge in [-0.2, -0.15) is 0 Å². The molecule has 2 bridgehead atoms. The highest BCUT2D eigenvalue weighted by Crippen LogP contribution is 2.81.